The Kier molecular flexibility index (Phi) is 7.54. The number of aromatic nitrogens is 1. The molecule has 0 radical (unpaired) electrons. The first-order valence-corrected chi connectivity index (χ1v) is 9.35. The van der Waals surface area contributed by atoms with Crippen molar-refractivity contribution < 1.29 is 22.2 Å². The number of nitrogens with two attached hydrogens (primary N) is 2. The predicted octanol–water partition coefficient (Wildman–Crippen LogP) is 0.0684. The van der Waals surface area contributed by atoms with Crippen molar-refractivity contribution in [2.75, 3.05) is 6.26 Å². The van der Waals surface area contributed by atoms with Gasteiger partial charge in [-0.1, -0.05) is 6.07 Å². The second-order valence-corrected chi connectivity index (χ2v) is 6.95. The minimum Gasteiger partial charge on any atom is -0.370 e. The molecule has 1 heterocycles. The summed E-state index contributed by atoms with van der Waals surface area (Å²) in [6.45, 7) is 1.69. The SMILES string of the molecule is CC(=O)NCc1ccc(C(=O)OS(C)(=O)=O)cc1-n1cccc1.N=C(N)N. The van der Waals surface area contributed by atoms with Crippen molar-refractivity contribution in [3.05, 3.63) is 53.9 Å². The highest BCUT2D eigenvalue weighted by Gasteiger charge is 2.16. The summed E-state index contributed by atoms with van der Waals surface area (Å²) in [6.07, 6.45) is 4.36. The summed E-state index contributed by atoms with van der Waals surface area (Å²) in [5.41, 5.74) is 10.5. The zero-order valence-corrected chi connectivity index (χ0v) is 15.6. The van der Waals surface area contributed by atoms with Gasteiger partial charge in [0.2, 0.25) is 5.91 Å². The van der Waals surface area contributed by atoms with E-state index in [0.29, 0.717) is 5.69 Å². The molecule has 0 atom stereocenters. The van der Waals surface area contributed by atoms with Crippen molar-refractivity contribution in [3.63, 3.8) is 0 Å². The Morgan fingerprint density at radius 2 is 1.78 bits per heavy atom. The number of carbonyl (C=O) groups excluding carboxylic acids is 2. The number of benzene rings is 1. The summed E-state index contributed by atoms with van der Waals surface area (Å²) >= 11 is 0. The van der Waals surface area contributed by atoms with Crippen LogP contribution in [0, 0.1) is 5.41 Å². The summed E-state index contributed by atoms with van der Waals surface area (Å²) < 4.78 is 28.3. The molecule has 11 heteroatoms. The van der Waals surface area contributed by atoms with E-state index in [9.17, 15) is 18.0 Å². The van der Waals surface area contributed by atoms with Crippen LogP contribution in [0.25, 0.3) is 5.69 Å². The van der Waals surface area contributed by atoms with Crippen LogP contribution in [0.15, 0.2) is 42.7 Å². The first-order valence-electron chi connectivity index (χ1n) is 7.53. The lowest BCUT2D eigenvalue weighted by Crippen LogP contribution is -2.20. The third-order valence-electron chi connectivity index (χ3n) is 2.96. The van der Waals surface area contributed by atoms with Gasteiger partial charge in [-0.3, -0.25) is 10.2 Å². The fraction of sp³-hybridized carbons (Fsp3) is 0.188. The maximum Gasteiger partial charge on any atom is 0.353 e. The summed E-state index contributed by atoms with van der Waals surface area (Å²) in [5, 5.41) is 8.74. The molecule has 0 aliphatic carbocycles. The van der Waals surface area contributed by atoms with E-state index < -0.39 is 16.1 Å². The zero-order valence-electron chi connectivity index (χ0n) is 14.8. The number of rotatable bonds is 5. The molecule has 1 aromatic heterocycles. The third kappa shape index (κ3) is 8.05. The van der Waals surface area contributed by atoms with E-state index in [-0.39, 0.29) is 24.0 Å². The molecule has 6 N–H and O–H groups in total. The molecule has 1 aromatic carbocycles. The van der Waals surface area contributed by atoms with Gasteiger partial charge in [-0.05, 0) is 29.8 Å². The Bertz CT molecular complexity index is 919. The lowest BCUT2D eigenvalue weighted by molar-refractivity contribution is -0.119. The van der Waals surface area contributed by atoms with E-state index in [1.165, 1.54) is 19.1 Å². The highest BCUT2D eigenvalue weighted by Crippen LogP contribution is 2.18. The number of nitrogens with zero attached hydrogens (tertiary/aromatic N) is 1. The van der Waals surface area contributed by atoms with Gasteiger partial charge in [0.25, 0.3) is 0 Å². The minimum atomic E-state index is -3.88. The maximum atomic E-state index is 11.9. The predicted molar refractivity (Wildman–Crippen MR) is 99.7 cm³/mol. The topological polar surface area (TPSA) is 170 Å². The van der Waals surface area contributed by atoms with E-state index >= 15 is 0 Å². The maximum absolute atomic E-state index is 11.9. The van der Waals surface area contributed by atoms with E-state index in [1.54, 1.807) is 23.0 Å². The van der Waals surface area contributed by atoms with Crippen LogP contribution in [0.2, 0.25) is 0 Å². The molecule has 0 saturated heterocycles. The number of guanidine groups is 1. The highest BCUT2D eigenvalue weighted by molar-refractivity contribution is 7.86. The van der Waals surface area contributed by atoms with Crippen LogP contribution >= 0.6 is 0 Å². The van der Waals surface area contributed by atoms with Gasteiger partial charge in [0.05, 0.1) is 17.5 Å². The summed E-state index contributed by atoms with van der Waals surface area (Å²) in [4.78, 5) is 23.0. The lowest BCUT2D eigenvalue weighted by atomic mass is 10.1. The molecule has 0 fully saturated rings. The molecule has 1 amide bonds. The van der Waals surface area contributed by atoms with Crippen LogP contribution in [0.5, 0.6) is 0 Å². The van der Waals surface area contributed by atoms with Crippen molar-refractivity contribution >= 4 is 28.0 Å². The van der Waals surface area contributed by atoms with Gasteiger partial charge < -0.3 is 25.5 Å². The molecule has 27 heavy (non-hydrogen) atoms. The lowest BCUT2D eigenvalue weighted by Gasteiger charge is -2.13. The number of amides is 1. The molecule has 0 aliphatic rings. The second kappa shape index (κ2) is 9.38. The molecule has 0 aliphatic heterocycles. The van der Waals surface area contributed by atoms with Crippen LogP contribution in [-0.4, -0.2) is 37.1 Å². The Morgan fingerprint density at radius 3 is 2.26 bits per heavy atom. The van der Waals surface area contributed by atoms with E-state index in [4.69, 9.17) is 5.41 Å². The van der Waals surface area contributed by atoms with Gasteiger partial charge in [0, 0.05) is 25.9 Å². The summed E-state index contributed by atoms with van der Waals surface area (Å²) in [5.74, 6) is -1.46. The van der Waals surface area contributed by atoms with Crippen LogP contribution in [0.1, 0.15) is 22.8 Å². The number of hydrogen-bond acceptors (Lipinski definition) is 6. The van der Waals surface area contributed by atoms with Gasteiger partial charge in [-0.25, -0.2) is 4.79 Å². The summed E-state index contributed by atoms with van der Waals surface area (Å²) in [7, 11) is -3.88. The van der Waals surface area contributed by atoms with Gasteiger partial charge in [-0.2, -0.15) is 8.42 Å². The molecule has 2 rings (SSSR count). The smallest absolute Gasteiger partial charge is 0.353 e. The van der Waals surface area contributed by atoms with Crippen molar-refractivity contribution in [2.24, 2.45) is 11.5 Å². The van der Waals surface area contributed by atoms with E-state index in [2.05, 4.69) is 21.0 Å². The van der Waals surface area contributed by atoms with Crippen LogP contribution < -0.4 is 16.8 Å². The molecule has 2 aromatic rings. The average molecular weight is 395 g/mol. The molecule has 0 saturated carbocycles. The van der Waals surface area contributed by atoms with Gasteiger partial charge >= 0.3 is 16.1 Å². The molecule has 0 spiro atoms. The standard InChI is InChI=1S/C15H16N2O5S.CH5N3/c1-11(18)16-10-13-6-5-12(15(19)22-23(2,20)21)9-14(13)17-7-3-4-8-17;2-1(3)4/h3-9H,10H2,1-2H3,(H,16,18);(H5,2,3,4). The van der Waals surface area contributed by atoms with Crippen LogP contribution in [0.3, 0.4) is 0 Å². The zero-order chi connectivity index (χ0) is 20.6. The molecule has 10 nitrogen and oxygen atoms in total. The Labute approximate surface area is 156 Å². The summed E-state index contributed by atoms with van der Waals surface area (Å²) in [6, 6.07) is 8.24. The van der Waals surface area contributed by atoms with Crippen molar-refractivity contribution in [2.45, 2.75) is 13.5 Å². The van der Waals surface area contributed by atoms with Gasteiger partial charge in [0.1, 0.15) is 0 Å². The van der Waals surface area contributed by atoms with E-state index in [1.807, 2.05) is 12.1 Å². The molecule has 146 valence electrons. The van der Waals surface area contributed by atoms with Crippen molar-refractivity contribution in [1.29, 1.82) is 5.41 Å². The van der Waals surface area contributed by atoms with Crippen molar-refractivity contribution in [3.8, 4) is 5.69 Å². The Balaban J connectivity index is 0.000000828. The molecule has 0 unspecified atom stereocenters. The average Bonchev–Trinajstić information content (AvgIpc) is 3.04. The first kappa shape index (κ1) is 21.7. The number of hydrogen-bond donors (Lipinski definition) is 4. The Hall–Kier alpha value is -3.34. The fourth-order valence-corrected chi connectivity index (χ4v) is 2.35. The normalized spacial score (nSPS) is 10.3. The quantitative estimate of drug-likeness (QED) is 0.315. The Morgan fingerprint density at radius 1 is 1.22 bits per heavy atom. The second-order valence-electron chi connectivity index (χ2n) is 5.37. The van der Waals surface area contributed by atoms with Crippen LogP contribution in [-0.2, 0) is 25.6 Å². The number of carbonyl (C=O) groups is 2. The van der Waals surface area contributed by atoms with Crippen LogP contribution in [0.4, 0.5) is 0 Å². The van der Waals surface area contributed by atoms with E-state index in [0.717, 1.165) is 11.8 Å². The molecule has 0 bridgehead atoms. The molecular weight excluding hydrogens is 374 g/mol. The molecular formula is C16H21N5O5S. The first-order chi connectivity index (χ1) is 12.5. The van der Waals surface area contributed by atoms with Gasteiger partial charge in [-0.15, -0.1) is 0 Å². The third-order valence-corrected chi connectivity index (χ3v) is 3.41. The minimum absolute atomic E-state index is 0.103. The number of nitrogens with one attached hydrogen (secondary N) is 2. The highest BCUT2D eigenvalue weighted by atomic mass is 32.2. The fourth-order valence-electron chi connectivity index (χ4n) is 1.98. The van der Waals surface area contributed by atoms with Crippen molar-refractivity contribution in [1.82, 2.24) is 9.88 Å². The van der Waals surface area contributed by atoms with Gasteiger partial charge in [0.15, 0.2) is 5.96 Å². The monoisotopic (exact) mass is 395 g/mol. The largest absolute Gasteiger partial charge is 0.370 e.